The predicted molar refractivity (Wildman–Crippen MR) is 252 cm³/mol. The first-order chi connectivity index (χ1) is 27.6. The number of benzene rings is 7. The minimum absolute atomic E-state index is 0.0467. The number of nitrogens with zero attached hydrogens (tertiary/aromatic N) is 3. The van der Waals surface area contributed by atoms with Gasteiger partial charge in [-0.05, 0) is 228 Å². The molecular weight excluding hydrogens is 701 g/mol. The van der Waals surface area contributed by atoms with Crippen molar-refractivity contribution in [1.29, 1.82) is 0 Å². The molecule has 0 aliphatic carbocycles. The first-order valence-electron chi connectivity index (χ1n) is 20.8. The normalized spacial score (nSPS) is 12.7. The highest BCUT2D eigenvalue weighted by atomic mass is 15.2. The smallest absolute Gasteiger partial charge is 0.252 e. The van der Waals surface area contributed by atoms with Crippen LogP contribution in [-0.4, -0.2) is 6.71 Å². The molecule has 9 rings (SSSR count). The molecule has 0 radical (unpaired) electrons. The molecule has 0 saturated heterocycles. The topological polar surface area (TPSA) is 9.72 Å². The van der Waals surface area contributed by atoms with Gasteiger partial charge >= 0.3 is 0 Å². The van der Waals surface area contributed by atoms with Crippen LogP contribution in [0.2, 0.25) is 0 Å². The van der Waals surface area contributed by atoms with Crippen LogP contribution in [0.4, 0.5) is 51.2 Å². The Morgan fingerprint density at radius 2 is 0.569 bits per heavy atom. The van der Waals surface area contributed by atoms with Crippen LogP contribution in [0.5, 0.6) is 0 Å². The van der Waals surface area contributed by atoms with E-state index in [0.717, 1.165) is 17.1 Å². The summed E-state index contributed by atoms with van der Waals surface area (Å²) in [6, 6.07) is 42.6. The molecule has 0 fully saturated rings. The Balaban J connectivity index is 1.48. The fourth-order valence-corrected chi connectivity index (χ4v) is 10.5. The Hall–Kier alpha value is -6.00. The number of anilines is 9. The zero-order chi connectivity index (χ0) is 40.9. The molecule has 0 atom stereocenters. The lowest BCUT2D eigenvalue weighted by Crippen LogP contribution is -2.62. The Bertz CT molecular complexity index is 2580. The van der Waals surface area contributed by atoms with Gasteiger partial charge in [-0.25, -0.2) is 0 Å². The zero-order valence-electron chi connectivity index (χ0n) is 36.3. The van der Waals surface area contributed by atoms with E-state index < -0.39 is 0 Å². The van der Waals surface area contributed by atoms with Crippen molar-refractivity contribution >= 4 is 74.3 Å². The highest BCUT2D eigenvalue weighted by molar-refractivity contribution is 7.01. The molecule has 0 amide bonds. The van der Waals surface area contributed by atoms with Crippen molar-refractivity contribution < 1.29 is 0 Å². The third-order valence-electron chi connectivity index (χ3n) is 12.1. The molecule has 2 aliphatic rings. The average Bonchev–Trinajstić information content (AvgIpc) is 3.09. The summed E-state index contributed by atoms with van der Waals surface area (Å²) >= 11 is 0. The maximum atomic E-state index is 2.59. The fraction of sp³-hybridized carbons (Fsp3) is 0.222. The summed E-state index contributed by atoms with van der Waals surface area (Å²) in [6.07, 6.45) is 0. The van der Waals surface area contributed by atoms with Gasteiger partial charge in [-0.15, -0.1) is 0 Å². The molecule has 0 unspecified atom stereocenters. The standard InChI is InChI=1S/C54H54BN3/c1-31-13-32(2)20-43(19-31)56(44-21-33(3)14-34(4)22-44)47-29-50-54-51(30-47)58(46-25-37(7)16-38(8)26-46)49-28-40(10)18-42(12)53(49)55(54)52-41(11)17-39(9)27-48(52)57(50)45-23-35(5)15-36(6)24-45/h13-30H,1-12H3. The number of hydrogen-bond acceptors (Lipinski definition) is 3. The van der Waals surface area contributed by atoms with Gasteiger partial charge in [0.25, 0.3) is 6.71 Å². The molecule has 0 spiro atoms. The minimum atomic E-state index is 0.0467. The summed E-state index contributed by atoms with van der Waals surface area (Å²) in [6.45, 7) is 26.9. The lowest BCUT2D eigenvalue weighted by atomic mass is 9.32. The van der Waals surface area contributed by atoms with E-state index in [9.17, 15) is 0 Å². The van der Waals surface area contributed by atoms with Crippen LogP contribution in [0.25, 0.3) is 0 Å². The number of rotatable bonds is 5. The van der Waals surface area contributed by atoms with E-state index >= 15 is 0 Å². The molecule has 0 bridgehead atoms. The van der Waals surface area contributed by atoms with Crippen molar-refractivity contribution in [3.8, 4) is 0 Å². The summed E-state index contributed by atoms with van der Waals surface area (Å²) in [7, 11) is 0. The first-order valence-corrected chi connectivity index (χ1v) is 20.8. The van der Waals surface area contributed by atoms with Gasteiger partial charge in [-0.1, -0.05) is 47.5 Å². The monoisotopic (exact) mass is 755 g/mol. The van der Waals surface area contributed by atoms with Crippen molar-refractivity contribution in [1.82, 2.24) is 0 Å². The molecule has 7 aromatic carbocycles. The lowest BCUT2D eigenvalue weighted by molar-refractivity contribution is 1.19. The van der Waals surface area contributed by atoms with E-state index in [1.54, 1.807) is 0 Å². The molecule has 58 heavy (non-hydrogen) atoms. The van der Waals surface area contributed by atoms with Crippen LogP contribution >= 0.6 is 0 Å². The van der Waals surface area contributed by atoms with E-state index in [-0.39, 0.29) is 6.71 Å². The average molecular weight is 756 g/mol. The number of aryl methyl sites for hydroxylation is 12. The second-order valence-electron chi connectivity index (χ2n) is 17.7. The van der Waals surface area contributed by atoms with Gasteiger partial charge in [0, 0.05) is 45.5 Å². The summed E-state index contributed by atoms with van der Waals surface area (Å²) in [4.78, 5) is 7.67. The Labute approximate surface area is 346 Å². The van der Waals surface area contributed by atoms with Crippen LogP contribution in [0.3, 0.4) is 0 Å². The summed E-state index contributed by atoms with van der Waals surface area (Å²) in [5.41, 5.74) is 30.1. The summed E-state index contributed by atoms with van der Waals surface area (Å²) < 4.78 is 0. The van der Waals surface area contributed by atoms with Crippen molar-refractivity contribution in [2.45, 2.75) is 83.1 Å². The van der Waals surface area contributed by atoms with Crippen LogP contribution < -0.4 is 31.1 Å². The van der Waals surface area contributed by atoms with Gasteiger partial charge in [0.2, 0.25) is 0 Å². The lowest BCUT2D eigenvalue weighted by Gasteiger charge is -2.46. The van der Waals surface area contributed by atoms with Gasteiger partial charge in [0.1, 0.15) is 0 Å². The third-order valence-corrected chi connectivity index (χ3v) is 12.1. The van der Waals surface area contributed by atoms with Gasteiger partial charge in [0.15, 0.2) is 0 Å². The maximum absolute atomic E-state index is 2.59. The quantitative estimate of drug-likeness (QED) is 0.162. The maximum Gasteiger partial charge on any atom is 0.252 e. The molecule has 2 heterocycles. The fourth-order valence-electron chi connectivity index (χ4n) is 10.5. The minimum Gasteiger partial charge on any atom is -0.311 e. The Kier molecular flexibility index (Phi) is 8.96. The Morgan fingerprint density at radius 3 is 0.914 bits per heavy atom. The van der Waals surface area contributed by atoms with Crippen molar-refractivity contribution in [3.05, 3.63) is 176 Å². The largest absolute Gasteiger partial charge is 0.311 e. The molecule has 3 nitrogen and oxygen atoms in total. The van der Waals surface area contributed by atoms with Gasteiger partial charge in [0.05, 0.1) is 5.69 Å². The van der Waals surface area contributed by atoms with Crippen LogP contribution in [0.1, 0.15) is 66.8 Å². The molecule has 0 N–H and O–H groups in total. The van der Waals surface area contributed by atoms with Crippen LogP contribution in [-0.2, 0) is 0 Å². The van der Waals surface area contributed by atoms with Crippen molar-refractivity contribution in [2.75, 3.05) is 14.7 Å². The van der Waals surface area contributed by atoms with Crippen molar-refractivity contribution in [3.63, 3.8) is 0 Å². The Morgan fingerprint density at radius 1 is 0.293 bits per heavy atom. The summed E-state index contributed by atoms with van der Waals surface area (Å²) in [5.74, 6) is 0. The molecule has 4 heteroatoms. The van der Waals surface area contributed by atoms with Crippen molar-refractivity contribution in [2.24, 2.45) is 0 Å². The number of fused-ring (bicyclic) bond motifs is 4. The summed E-state index contributed by atoms with van der Waals surface area (Å²) in [5, 5.41) is 0. The predicted octanol–water partition coefficient (Wildman–Crippen LogP) is 12.9. The molecule has 7 aromatic rings. The van der Waals surface area contributed by atoms with E-state index in [1.807, 2.05) is 0 Å². The van der Waals surface area contributed by atoms with E-state index in [1.165, 1.54) is 117 Å². The van der Waals surface area contributed by atoms with Gasteiger partial charge < -0.3 is 14.7 Å². The van der Waals surface area contributed by atoms with Crippen LogP contribution in [0.15, 0.2) is 109 Å². The van der Waals surface area contributed by atoms with Crippen LogP contribution in [0, 0.1) is 83.1 Å². The third kappa shape index (κ3) is 6.31. The van der Waals surface area contributed by atoms with E-state index in [4.69, 9.17) is 0 Å². The first kappa shape index (κ1) is 37.6. The molecule has 0 saturated carbocycles. The number of hydrogen-bond donors (Lipinski definition) is 0. The van der Waals surface area contributed by atoms with E-state index in [2.05, 4.69) is 207 Å². The van der Waals surface area contributed by atoms with Gasteiger partial charge in [-0.2, -0.15) is 0 Å². The second-order valence-corrected chi connectivity index (χ2v) is 17.7. The molecule has 288 valence electrons. The second kappa shape index (κ2) is 13.8. The SMILES string of the molecule is Cc1cc(C)cc(N(c2cc(C)cc(C)c2)c2cc3c4c(c2)N(c2cc(C)cc(C)c2)c2cc(C)cc(C)c2B4c2c(C)cc(C)cc2N3c2cc(C)cc(C)c2)c1. The molecule has 2 aliphatic heterocycles. The van der Waals surface area contributed by atoms with Gasteiger partial charge in [-0.3, -0.25) is 0 Å². The highest BCUT2D eigenvalue weighted by Crippen LogP contribution is 2.49. The zero-order valence-corrected chi connectivity index (χ0v) is 36.3. The molecular formula is C54H54BN3. The highest BCUT2D eigenvalue weighted by Gasteiger charge is 2.45. The van der Waals surface area contributed by atoms with E-state index in [0.29, 0.717) is 0 Å². The molecule has 0 aromatic heterocycles.